The molecule has 174 valence electrons. The van der Waals surface area contributed by atoms with Gasteiger partial charge in [0, 0.05) is 55.7 Å². The van der Waals surface area contributed by atoms with Crippen molar-refractivity contribution in [3.8, 4) is 11.3 Å². The standard InChI is InChI=1S/C26H31FN4O2/c1-2-12-28-24(32)18-30-13-15-31(16-14-30)25(33)11-9-21-22-17-20(27)8-10-23(22)29-26(21)19-6-4-3-5-7-19/h3-8,10,17,29H,2,9,11-16,18H2,1H3,(H,28,32). The van der Waals surface area contributed by atoms with E-state index in [0.717, 1.165) is 34.1 Å². The zero-order valence-electron chi connectivity index (χ0n) is 19.1. The van der Waals surface area contributed by atoms with Crippen molar-refractivity contribution in [2.75, 3.05) is 39.3 Å². The summed E-state index contributed by atoms with van der Waals surface area (Å²) in [6, 6.07) is 14.7. The van der Waals surface area contributed by atoms with E-state index in [-0.39, 0.29) is 17.6 Å². The minimum atomic E-state index is -0.284. The summed E-state index contributed by atoms with van der Waals surface area (Å²) in [5, 5.41) is 3.72. The first-order chi connectivity index (χ1) is 16.0. The molecule has 1 fully saturated rings. The molecule has 0 spiro atoms. The first kappa shape index (κ1) is 23.0. The van der Waals surface area contributed by atoms with E-state index in [0.29, 0.717) is 52.1 Å². The number of fused-ring (bicyclic) bond motifs is 1. The number of rotatable bonds is 8. The molecule has 0 unspecified atom stereocenters. The van der Waals surface area contributed by atoms with Crippen LogP contribution in [0.25, 0.3) is 22.2 Å². The Morgan fingerprint density at radius 2 is 1.82 bits per heavy atom. The quantitative estimate of drug-likeness (QED) is 0.551. The molecule has 1 aromatic heterocycles. The fraction of sp³-hybridized carbons (Fsp3) is 0.385. The summed E-state index contributed by atoms with van der Waals surface area (Å²) in [5.41, 5.74) is 3.79. The molecule has 1 aliphatic rings. The molecule has 2 heterocycles. The number of halogens is 1. The Morgan fingerprint density at radius 1 is 1.06 bits per heavy atom. The molecule has 1 aliphatic heterocycles. The lowest BCUT2D eigenvalue weighted by Crippen LogP contribution is -2.51. The number of aromatic amines is 1. The smallest absolute Gasteiger partial charge is 0.234 e. The SMILES string of the molecule is CCCNC(=O)CN1CCN(C(=O)CCc2c(-c3ccccc3)[nH]c3ccc(F)cc23)CC1. The number of H-pyrrole nitrogens is 1. The van der Waals surface area contributed by atoms with Gasteiger partial charge < -0.3 is 15.2 Å². The van der Waals surface area contributed by atoms with Crippen molar-refractivity contribution in [1.82, 2.24) is 20.1 Å². The summed E-state index contributed by atoms with van der Waals surface area (Å²) in [4.78, 5) is 32.3. The number of benzene rings is 2. The Balaban J connectivity index is 1.40. The van der Waals surface area contributed by atoms with Crippen LogP contribution in [0.3, 0.4) is 0 Å². The van der Waals surface area contributed by atoms with Crippen LogP contribution in [0, 0.1) is 5.82 Å². The highest BCUT2D eigenvalue weighted by Gasteiger charge is 2.23. The lowest BCUT2D eigenvalue weighted by molar-refractivity contribution is -0.133. The van der Waals surface area contributed by atoms with Crippen LogP contribution >= 0.6 is 0 Å². The molecule has 2 amide bonds. The fourth-order valence-corrected chi connectivity index (χ4v) is 4.40. The Bertz CT molecular complexity index is 1100. The molecule has 0 bridgehead atoms. The van der Waals surface area contributed by atoms with Crippen LogP contribution in [0.15, 0.2) is 48.5 Å². The predicted molar refractivity (Wildman–Crippen MR) is 128 cm³/mol. The summed E-state index contributed by atoms with van der Waals surface area (Å²) in [7, 11) is 0. The number of hydrogen-bond donors (Lipinski definition) is 2. The number of hydrogen-bond acceptors (Lipinski definition) is 3. The van der Waals surface area contributed by atoms with Gasteiger partial charge in [-0.05, 0) is 42.2 Å². The number of aromatic nitrogens is 1. The van der Waals surface area contributed by atoms with Gasteiger partial charge in [0.05, 0.1) is 6.54 Å². The van der Waals surface area contributed by atoms with Crippen molar-refractivity contribution in [1.29, 1.82) is 0 Å². The number of nitrogens with zero attached hydrogens (tertiary/aromatic N) is 2. The Kier molecular flexibility index (Phi) is 7.40. The number of nitrogens with one attached hydrogen (secondary N) is 2. The Labute approximate surface area is 193 Å². The normalized spacial score (nSPS) is 14.5. The highest BCUT2D eigenvalue weighted by atomic mass is 19.1. The molecule has 0 saturated carbocycles. The Hall–Kier alpha value is -3.19. The van der Waals surface area contributed by atoms with E-state index in [1.54, 1.807) is 12.1 Å². The van der Waals surface area contributed by atoms with E-state index in [4.69, 9.17) is 0 Å². The van der Waals surface area contributed by atoms with Gasteiger partial charge in [-0.2, -0.15) is 0 Å². The maximum Gasteiger partial charge on any atom is 0.234 e. The first-order valence-corrected chi connectivity index (χ1v) is 11.7. The van der Waals surface area contributed by atoms with Gasteiger partial charge in [-0.1, -0.05) is 37.3 Å². The highest BCUT2D eigenvalue weighted by molar-refractivity contribution is 5.91. The number of piperazine rings is 1. The van der Waals surface area contributed by atoms with Crippen molar-refractivity contribution >= 4 is 22.7 Å². The molecule has 6 nitrogen and oxygen atoms in total. The monoisotopic (exact) mass is 450 g/mol. The third kappa shape index (κ3) is 5.60. The van der Waals surface area contributed by atoms with Crippen LogP contribution in [0.4, 0.5) is 4.39 Å². The van der Waals surface area contributed by atoms with Crippen molar-refractivity contribution in [2.45, 2.75) is 26.2 Å². The minimum absolute atomic E-state index is 0.0386. The molecule has 7 heteroatoms. The Morgan fingerprint density at radius 3 is 2.55 bits per heavy atom. The van der Waals surface area contributed by atoms with Gasteiger partial charge in [0.1, 0.15) is 5.82 Å². The predicted octanol–water partition coefficient (Wildman–Crippen LogP) is 3.58. The van der Waals surface area contributed by atoms with Crippen molar-refractivity contribution in [3.63, 3.8) is 0 Å². The molecule has 33 heavy (non-hydrogen) atoms. The van der Waals surface area contributed by atoms with Gasteiger partial charge in [0.25, 0.3) is 0 Å². The van der Waals surface area contributed by atoms with E-state index in [1.165, 1.54) is 6.07 Å². The van der Waals surface area contributed by atoms with Crippen LogP contribution < -0.4 is 5.32 Å². The highest BCUT2D eigenvalue weighted by Crippen LogP contribution is 2.32. The van der Waals surface area contributed by atoms with Gasteiger partial charge in [-0.15, -0.1) is 0 Å². The van der Waals surface area contributed by atoms with Crippen LogP contribution in [0.2, 0.25) is 0 Å². The molecule has 4 rings (SSSR count). The average Bonchev–Trinajstić information content (AvgIpc) is 3.20. The lowest BCUT2D eigenvalue weighted by atomic mass is 10.0. The molecule has 0 aliphatic carbocycles. The van der Waals surface area contributed by atoms with Crippen LogP contribution in [-0.4, -0.2) is 65.9 Å². The third-order valence-electron chi connectivity index (χ3n) is 6.18. The zero-order chi connectivity index (χ0) is 23.2. The number of carbonyl (C=O) groups is 2. The summed E-state index contributed by atoms with van der Waals surface area (Å²) < 4.78 is 14.0. The van der Waals surface area contributed by atoms with Gasteiger partial charge >= 0.3 is 0 Å². The second-order valence-corrected chi connectivity index (χ2v) is 8.54. The average molecular weight is 451 g/mol. The minimum Gasteiger partial charge on any atom is -0.355 e. The van der Waals surface area contributed by atoms with Gasteiger partial charge in [0.2, 0.25) is 11.8 Å². The van der Waals surface area contributed by atoms with Gasteiger partial charge in [0.15, 0.2) is 0 Å². The maximum absolute atomic E-state index is 14.0. The molecule has 0 radical (unpaired) electrons. The van der Waals surface area contributed by atoms with E-state index >= 15 is 0 Å². The summed E-state index contributed by atoms with van der Waals surface area (Å²) in [5.74, 6) is -0.153. The number of amides is 2. The lowest BCUT2D eigenvalue weighted by Gasteiger charge is -2.34. The third-order valence-corrected chi connectivity index (χ3v) is 6.18. The van der Waals surface area contributed by atoms with Crippen molar-refractivity contribution < 1.29 is 14.0 Å². The van der Waals surface area contributed by atoms with E-state index in [2.05, 4.69) is 15.2 Å². The van der Waals surface area contributed by atoms with E-state index < -0.39 is 0 Å². The second-order valence-electron chi connectivity index (χ2n) is 8.54. The maximum atomic E-state index is 14.0. The number of carbonyl (C=O) groups excluding carboxylic acids is 2. The van der Waals surface area contributed by atoms with Crippen molar-refractivity contribution in [3.05, 3.63) is 59.9 Å². The van der Waals surface area contributed by atoms with Crippen molar-refractivity contribution in [2.24, 2.45) is 0 Å². The van der Waals surface area contributed by atoms with Gasteiger partial charge in [-0.25, -0.2) is 4.39 Å². The summed E-state index contributed by atoms with van der Waals surface area (Å²) in [6.45, 7) is 5.73. The first-order valence-electron chi connectivity index (χ1n) is 11.7. The number of aryl methyl sites for hydroxylation is 1. The molecule has 2 N–H and O–H groups in total. The van der Waals surface area contributed by atoms with Crippen LogP contribution in [-0.2, 0) is 16.0 Å². The van der Waals surface area contributed by atoms with E-state index in [1.807, 2.05) is 42.2 Å². The summed E-state index contributed by atoms with van der Waals surface area (Å²) in [6.07, 6.45) is 1.81. The molecule has 1 saturated heterocycles. The molecule has 0 atom stereocenters. The fourth-order valence-electron chi connectivity index (χ4n) is 4.40. The van der Waals surface area contributed by atoms with E-state index in [9.17, 15) is 14.0 Å². The molecular weight excluding hydrogens is 419 g/mol. The molecule has 3 aromatic rings. The molecule has 2 aromatic carbocycles. The topological polar surface area (TPSA) is 68.4 Å². The van der Waals surface area contributed by atoms with Crippen LogP contribution in [0.1, 0.15) is 25.3 Å². The largest absolute Gasteiger partial charge is 0.355 e. The zero-order valence-corrected chi connectivity index (χ0v) is 19.1. The second kappa shape index (κ2) is 10.6. The van der Waals surface area contributed by atoms with Crippen LogP contribution in [0.5, 0.6) is 0 Å². The summed E-state index contributed by atoms with van der Waals surface area (Å²) >= 11 is 0. The van der Waals surface area contributed by atoms with Gasteiger partial charge in [-0.3, -0.25) is 14.5 Å². The molecular formula is C26H31FN4O2.